The van der Waals surface area contributed by atoms with Crippen molar-refractivity contribution in [3.8, 4) is 5.75 Å². The Morgan fingerprint density at radius 1 is 1.27 bits per heavy atom. The summed E-state index contributed by atoms with van der Waals surface area (Å²) in [6.45, 7) is 5.73. The number of hydrogen-bond donors (Lipinski definition) is 0. The Labute approximate surface area is 159 Å². The maximum atomic E-state index is 13.1. The van der Waals surface area contributed by atoms with Gasteiger partial charge in [-0.1, -0.05) is 18.2 Å². The maximum absolute atomic E-state index is 13.1. The molecule has 2 heterocycles. The highest BCUT2D eigenvalue weighted by molar-refractivity contribution is 7.89. The molecule has 6 nitrogen and oxygen atoms in total. The molecule has 2 aliphatic rings. The topological polar surface area (TPSA) is 66.9 Å². The zero-order valence-electron chi connectivity index (χ0n) is 14.8. The van der Waals surface area contributed by atoms with Crippen molar-refractivity contribution in [2.45, 2.75) is 24.2 Å². The number of benzene rings is 1. The number of ether oxygens (including phenoxy) is 1. The van der Waals surface area contributed by atoms with Gasteiger partial charge in [0.25, 0.3) is 0 Å². The summed E-state index contributed by atoms with van der Waals surface area (Å²) < 4.78 is 33.0. The van der Waals surface area contributed by atoms with Crippen molar-refractivity contribution in [1.82, 2.24) is 9.21 Å². The molecule has 3 rings (SSSR count). The molecule has 1 aromatic carbocycles. The van der Waals surface area contributed by atoms with Crippen LogP contribution in [0.4, 0.5) is 0 Å². The summed E-state index contributed by atoms with van der Waals surface area (Å²) in [7, 11) is -2.24. The van der Waals surface area contributed by atoms with Gasteiger partial charge in [0.15, 0.2) is 0 Å². The number of rotatable bonds is 4. The number of piperidine rings is 1. The Kier molecular flexibility index (Phi) is 5.33. The van der Waals surface area contributed by atoms with Crippen molar-refractivity contribution in [1.29, 1.82) is 0 Å². The molecule has 0 bridgehead atoms. The van der Waals surface area contributed by atoms with Gasteiger partial charge in [-0.25, -0.2) is 8.42 Å². The van der Waals surface area contributed by atoms with E-state index in [4.69, 9.17) is 16.3 Å². The van der Waals surface area contributed by atoms with Gasteiger partial charge in [0.1, 0.15) is 10.6 Å². The normalized spacial score (nSPS) is 20.3. The Morgan fingerprint density at radius 3 is 2.54 bits per heavy atom. The number of halogens is 1. The van der Waals surface area contributed by atoms with Crippen LogP contribution in [0.5, 0.6) is 5.75 Å². The molecule has 1 amide bonds. The van der Waals surface area contributed by atoms with Gasteiger partial charge in [0.05, 0.1) is 7.11 Å². The van der Waals surface area contributed by atoms with Crippen LogP contribution in [0.15, 0.2) is 35.7 Å². The fourth-order valence-corrected chi connectivity index (χ4v) is 5.80. The molecule has 26 heavy (non-hydrogen) atoms. The first kappa shape index (κ1) is 19.2. The molecule has 0 aliphatic carbocycles. The smallest absolute Gasteiger partial charge is 0.246 e. The summed E-state index contributed by atoms with van der Waals surface area (Å²) in [4.78, 5) is 13.6. The molecule has 0 aromatic heterocycles. The van der Waals surface area contributed by atoms with E-state index in [1.807, 2.05) is 0 Å². The minimum atomic E-state index is -3.69. The molecular formula is C18H23ClN2O4S. The lowest BCUT2D eigenvalue weighted by molar-refractivity contribution is -0.128. The summed E-state index contributed by atoms with van der Waals surface area (Å²) in [6.07, 6.45) is 3.72. The van der Waals surface area contributed by atoms with Crippen LogP contribution in [0.1, 0.15) is 19.3 Å². The second-order valence-electron chi connectivity index (χ2n) is 6.91. The Hall–Kier alpha value is -1.57. The summed E-state index contributed by atoms with van der Waals surface area (Å²) >= 11 is 6.00. The zero-order chi connectivity index (χ0) is 18.9. The van der Waals surface area contributed by atoms with Crippen LogP contribution in [-0.2, 0) is 14.8 Å². The quantitative estimate of drug-likeness (QED) is 0.731. The fraction of sp³-hybridized carbons (Fsp3) is 0.500. The SMILES string of the molecule is C=CC(=O)N1CCC2(CC1)CCN(S(=O)(=O)c1cc(Cl)ccc1OC)C2. The second-order valence-corrected chi connectivity index (χ2v) is 9.26. The van der Waals surface area contributed by atoms with Gasteiger partial charge in [-0.05, 0) is 49.0 Å². The molecule has 8 heteroatoms. The van der Waals surface area contributed by atoms with Gasteiger partial charge in [-0.3, -0.25) is 4.79 Å². The molecule has 0 unspecified atom stereocenters. The molecule has 2 saturated heterocycles. The number of amides is 1. The van der Waals surface area contributed by atoms with Gasteiger partial charge in [0, 0.05) is 31.2 Å². The molecule has 142 valence electrons. The first-order valence-corrected chi connectivity index (χ1v) is 10.4. The minimum absolute atomic E-state index is 0.0639. The molecule has 0 atom stereocenters. The van der Waals surface area contributed by atoms with Crippen LogP contribution < -0.4 is 4.74 Å². The predicted octanol–water partition coefficient (Wildman–Crippen LogP) is 2.54. The van der Waals surface area contributed by atoms with E-state index in [2.05, 4.69) is 6.58 Å². The first-order valence-electron chi connectivity index (χ1n) is 8.56. The van der Waals surface area contributed by atoms with E-state index in [-0.39, 0.29) is 16.2 Å². The number of carbonyl (C=O) groups is 1. The highest BCUT2D eigenvalue weighted by Gasteiger charge is 2.45. The van der Waals surface area contributed by atoms with Crippen LogP contribution >= 0.6 is 11.6 Å². The molecule has 2 fully saturated rings. The van der Waals surface area contributed by atoms with Crippen molar-refractivity contribution in [2.75, 3.05) is 33.3 Å². The average molecular weight is 399 g/mol. The molecule has 1 aromatic rings. The van der Waals surface area contributed by atoms with Crippen molar-refractivity contribution >= 4 is 27.5 Å². The van der Waals surface area contributed by atoms with E-state index < -0.39 is 10.0 Å². The molecular weight excluding hydrogens is 376 g/mol. The molecule has 1 spiro atoms. The lowest BCUT2D eigenvalue weighted by Gasteiger charge is -2.38. The van der Waals surface area contributed by atoms with E-state index >= 15 is 0 Å². The highest BCUT2D eigenvalue weighted by atomic mass is 35.5. The summed E-state index contributed by atoms with van der Waals surface area (Å²) in [5, 5.41) is 0.356. The van der Waals surface area contributed by atoms with E-state index in [1.54, 1.807) is 17.0 Å². The van der Waals surface area contributed by atoms with E-state index in [0.717, 1.165) is 19.3 Å². The second kappa shape index (κ2) is 7.21. The Balaban J connectivity index is 1.78. The van der Waals surface area contributed by atoms with Crippen LogP contribution in [0.3, 0.4) is 0 Å². The van der Waals surface area contributed by atoms with Crippen LogP contribution in [0.25, 0.3) is 0 Å². The minimum Gasteiger partial charge on any atom is -0.495 e. The van der Waals surface area contributed by atoms with E-state index in [0.29, 0.717) is 37.0 Å². The third-order valence-electron chi connectivity index (χ3n) is 5.46. The van der Waals surface area contributed by atoms with Gasteiger partial charge in [-0.2, -0.15) is 4.31 Å². The summed E-state index contributed by atoms with van der Waals surface area (Å²) in [6, 6.07) is 4.61. The third-order valence-corrected chi connectivity index (χ3v) is 7.56. The number of nitrogens with zero attached hydrogens (tertiary/aromatic N) is 2. The van der Waals surface area contributed by atoms with Crippen LogP contribution in [-0.4, -0.2) is 56.8 Å². The largest absolute Gasteiger partial charge is 0.495 e. The third kappa shape index (κ3) is 3.48. The first-order chi connectivity index (χ1) is 12.3. The van der Waals surface area contributed by atoms with Crippen LogP contribution in [0, 0.1) is 5.41 Å². The average Bonchev–Trinajstić information content (AvgIpc) is 3.06. The van der Waals surface area contributed by atoms with Crippen molar-refractivity contribution in [3.63, 3.8) is 0 Å². The lowest BCUT2D eigenvalue weighted by atomic mass is 9.78. The van der Waals surface area contributed by atoms with Gasteiger partial charge < -0.3 is 9.64 Å². The van der Waals surface area contributed by atoms with Crippen molar-refractivity contribution in [2.24, 2.45) is 5.41 Å². The van der Waals surface area contributed by atoms with E-state index in [1.165, 1.54) is 23.6 Å². The van der Waals surface area contributed by atoms with Gasteiger partial charge in [-0.15, -0.1) is 0 Å². The molecule has 0 radical (unpaired) electrons. The predicted molar refractivity (Wildman–Crippen MR) is 99.8 cm³/mol. The monoisotopic (exact) mass is 398 g/mol. The number of hydrogen-bond acceptors (Lipinski definition) is 4. The van der Waals surface area contributed by atoms with Crippen molar-refractivity contribution < 1.29 is 17.9 Å². The van der Waals surface area contributed by atoms with Gasteiger partial charge >= 0.3 is 0 Å². The number of methoxy groups -OCH3 is 1. The lowest BCUT2D eigenvalue weighted by Crippen LogP contribution is -2.44. The fourth-order valence-electron chi connectivity index (χ4n) is 3.83. The number of sulfonamides is 1. The maximum Gasteiger partial charge on any atom is 0.246 e. The van der Waals surface area contributed by atoms with Crippen molar-refractivity contribution in [3.05, 3.63) is 35.9 Å². The highest BCUT2D eigenvalue weighted by Crippen LogP contribution is 2.43. The Bertz CT molecular complexity index is 816. The molecule has 2 aliphatic heterocycles. The molecule has 0 N–H and O–H groups in total. The standard InChI is InChI=1S/C18H23ClN2O4S/c1-3-17(22)20-9-6-18(7-10-20)8-11-21(13-18)26(23,24)16-12-14(19)4-5-15(16)25-2/h3-5,12H,1,6-11,13H2,2H3. The zero-order valence-corrected chi connectivity index (χ0v) is 16.4. The number of carbonyl (C=O) groups excluding carboxylic acids is 1. The van der Waals surface area contributed by atoms with Gasteiger partial charge in [0.2, 0.25) is 15.9 Å². The Morgan fingerprint density at radius 2 is 1.92 bits per heavy atom. The summed E-state index contributed by atoms with van der Waals surface area (Å²) in [5.74, 6) is 0.229. The summed E-state index contributed by atoms with van der Waals surface area (Å²) in [5.41, 5.74) is -0.0726. The van der Waals surface area contributed by atoms with Crippen LogP contribution in [0.2, 0.25) is 5.02 Å². The van der Waals surface area contributed by atoms with E-state index in [9.17, 15) is 13.2 Å². The number of likely N-dealkylation sites (tertiary alicyclic amines) is 1. The molecule has 0 saturated carbocycles.